The van der Waals surface area contributed by atoms with Crippen molar-refractivity contribution in [1.82, 2.24) is 24.8 Å². The topological polar surface area (TPSA) is 83.9 Å². The Morgan fingerprint density at radius 1 is 1.15 bits per heavy atom. The fraction of sp³-hybridized carbons (Fsp3) is 0.429. The number of alkyl halides is 2. The standard InChI is InChI=1S/C35H32Cl2F2N6O3/c36-11-3-9-27(46)45-14-13-43(18-35(45)19-47-20-35)32-25-16-40-30(24-7-1-5-22-6-2-8-26(37)28(22)24)29(39)31(25)41-33(42-32)48-21-34-10-4-12-44(34)17-23(38)15-34/h1-2,5-8,16,23H,4,10-15,17-21H2/t23-,34+/m1/s1. The van der Waals surface area contributed by atoms with Gasteiger partial charge in [0.05, 0.1) is 30.0 Å². The smallest absolute Gasteiger partial charge is 0.319 e. The van der Waals surface area contributed by atoms with Crippen LogP contribution in [0, 0.1) is 17.7 Å². The fourth-order valence-electron chi connectivity index (χ4n) is 7.89. The van der Waals surface area contributed by atoms with E-state index in [1.54, 1.807) is 23.2 Å². The Morgan fingerprint density at radius 2 is 1.98 bits per heavy atom. The molecule has 2 aromatic carbocycles. The fourth-order valence-corrected chi connectivity index (χ4v) is 8.24. The molecule has 2 aromatic heterocycles. The minimum absolute atomic E-state index is 0.00145. The van der Waals surface area contributed by atoms with Gasteiger partial charge < -0.3 is 19.3 Å². The Labute approximate surface area is 286 Å². The molecule has 1 spiro atoms. The van der Waals surface area contributed by atoms with Gasteiger partial charge in [-0.15, -0.1) is 11.6 Å². The number of pyridine rings is 1. The van der Waals surface area contributed by atoms with E-state index in [-0.39, 0.29) is 35.6 Å². The number of fused-ring (bicyclic) bond motifs is 3. The lowest BCUT2D eigenvalue weighted by Crippen LogP contribution is -2.72. The van der Waals surface area contributed by atoms with Gasteiger partial charge in [0.1, 0.15) is 35.3 Å². The zero-order chi connectivity index (χ0) is 33.0. The third-order valence-electron chi connectivity index (χ3n) is 10.2. The number of piperazine rings is 1. The molecule has 4 fully saturated rings. The van der Waals surface area contributed by atoms with E-state index in [0.29, 0.717) is 73.0 Å². The largest absolute Gasteiger partial charge is 0.461 e. The molecule has 4 aromatic rings. The van der Waals surface area contributed by atoms with Crippen molar-refractivity contribution in [3.05, 3.63) is 53.4 Å². The number of carbonyl (C=O) groups is 1. The first-order valence-electron chi connectivity index (χ1n) is 16.1. The van der Waals surface area contributed by atoms with Crippen molar-refractivity contribution in [3.63, 3.8) is 0 Å². The summed E-state index contributed by atoms with van der Waals surface area (Å²) in [5.74, 6) is 4.81. The van der Waals surface area contributed by atoms with E-state index in [1.807, 2.05) is 29.2 Å². The molecule has 9 nitrogen and oxygen atoms in total. The van der Waals surface area contributed by atoms with Gasteiger partial charge in [-0.3, -0.25) is 14.7 Å². The van der Waals surface area contributed by atoms with Crippen molar-refractivity contribution < 1.29 is 23.0 Å². The van der Waals surface area contributed by atoms with E-state index >= 15 is 4.39 Å². The summed E-state index contributed by atoms with van der Waals surface area (Å²) in [5, 5.41) is 2.42. The summed E-state index contributed by atoms with van der Waals surface area (Å²) >= 11 is 12.3. The van der Waals surface area contributed by atoms with Crippen LogP contribution in [0.25, 0.3) is 32.9 Å². The number of carbonyl (C=O) groups excluding carboxylic acids is 1. The molecule has 13 heteroatoms. The molecule has 0 aliphatic carbocycles. The van der Waals surface area contributed by atoms with E-state index in [1.165, 1.54) is 0 Å². The van der Waals surface area contributed by atoms with Crippen LogP contribution >= 0.6 is 23.2 Å². The Bertz CT molecular complexity index is 2000. The number of rotatable bonds is 5. The van der Waals surface area contributed by atoms with Gasteiger partial charge in [0.15, 0.2) is 5.82 Å². The summed E-state index contributed by atoms with van der Waals surface area (Å²) in [5.41, 5.74) is -0.390. The molecule has 0 N–H and O–H groups in total. The molecule has 0 radical (unpaired) electrons. The van der Waals surface area contributed by atoms with Crippen LogP contribution in [0.4, 0.5) is 14.6 Å². The first-order valence-corrected chi connectivity index (χ1v) is 17.0. The number of hydrogen-bond acceptors (Lipinski definition) is 8. The van der Waals surface area contributed by atoms with Crippen LogP contribution in [-0.4, -0.2) is 106 Å². The number of anilines is 1. The molecule has 4 saturated heterocycles. The number of hydrogen-bond donors (Lipinski definition) is 0. The summed E-state index contributed by atoms with van der Waals surface area (Å²) in [6.45, 7) is 3.15. The molecule has 1 amide bonds. The number of amides is 1. The van der Waals surface area contributed by atoms with E-state index in [9.17, 15) is 9.18 Å². The summed E-state index contributed by atoms with van der Waals surface area (Å²) in [6.07, 6.45) is 2.80. The van der Waals surface area contributed by atoms with E-state index < -0.39 is 23.1 Å². The Morgan fingerprint density at radius 3 is 2.77 bits per heavy atom. The Hall–Kier alpha value is -3.82. The molecule has 0 unspecified atom stereocenters. The first-order chi connectivity index (χ1) is 23.3. The van der Waals surface area contributed by atoms with Gasteiger partial charge in [-0.1, -0.05) is 47.9 Å². The SMILES string of the molecule is O=C(C#CCCl)N1CCN(c2nc(OC[C@@]34CCCN3C[C@H](F)C4)nc3c(F)c(-c4cccc5cccc(Cl)c45)ncc23)CC12COC2. The maximum absolute atomic E-state index is 16.8. The van der Waals surface area contributed by atoms with Crippen LogP contribution < -0.4 is 9.64 Å². The van der Waals surface area contributed by atoms with Crippen LogP contribution in [0.5, 0.6) is 6.01 Å². The predicted octanol–water partition coefficient (Wildman–Crippen LogP) is 5.25. The summed E-state index contributed by atoms with van der Waals surface area (Å²) < 4.78 is 43.3. The minimum atomic E-state index is -0.922. The second kappa shape index (κ2) is 12.3. The minimum Gasteiger partial charge on any atom is -0.461 e. The highest BCUT2D eigenvalue weighted by Crippen LogP contribution is 2.42. The van der Waals surface area contributed by atoms with Gasteiger partial charge >= 0.3 is 6.01 Å². The van der Waals surface area contributed by atoms with Gasteiger partial charge in [-0.05, 0) is 36.8 Å². The maximum Gasteiger partial charge on any atom is 0.319 e. The zero-order valence-corrected chi connectivity index (χ0v) is 27.5. The highest BCUT2D eigenvalue weighted by atomic mass is 35.5. The number of aromatic nitrogens is 3. The molecular formula is C35H32Cl2F2N6O3. The van der Waals surface area contributed by atoms with E-state index in [0.717, 1.165) is 24.8 Å². The molecule has 4 aliphatic rings. The average Bonchev–Trinajstić information content (AvgIpc) is 3.61. The lowest BCUT2D eigenvalue weighted by molar-refractivity contribution is -0.164. The molecule has 8 rings (SSSR count). The molecule has 48 heavy (non-hydrogen) atoms. The lowest BCUT2D eigenvalue weighted by atomic mass is 9.91. The van der Waals surface area contributed by atoms with Crippen LogP contribution in [0.15, 0.2) is 42.6 Å². The van der Waals surface area contributed by atoms with Crippen LogP contribution in [-0.2, 0) is 9.53 Å². The monoisotopic (exact) mass is 692 g/mol. The summed E-state index contributed by atoms with van der Waals surface area (Å²) in [7, 11) is 0. The molecule has 6 heterocycles. The van der Waals surface area contributed by atoms with Gasteiger partial charge in [-0.2, -0.15) is 9.97 Å². The Balaban J connectivity index is 1.22. The zero-order valence-electron chi connectivity index (χ0n) is 26.0. The van der Waals surface area contributed by atoms with Crippen molar-refractivity contribution in [3.8, 4) is 29.1 Å². The van der Waals surface area contributed by atoms with Crippen molar-refractivity contribution in [2.45, 2.75) is 36.5 Å². The molecule has 0 saturated carbocycles. The molecule has 0 bridgehead atoms. The summed E-state index contributed by atoms with van der Waals surface area (Å²) in [6, 6.07) is 11.1. The normalized spacial score (nSPS) is 23.3. The summed E-state index contributed by atoms with van der Waals surface area (Å²) in [4.78, 5) is 32.9. The second-order valence-electron chi connectivity index (χ2n) is 13.1. The van der Waals surface area contributed by atoms with Gasteiger partial charge in [-0.25, -0.2) is 8.78 Å². The number of nitrogens with zero attached hydrogens (tertiary/aromatic N) is 6. The van der Waals surface area contributed by atoms with Gasteiger partial charge in [0.25, 0.3) is 5.91 Å². The quantitative estimate of drug-likeness (QED) is 0.207. The number of benzene rings is 2. The Kier molecular flexibility index (Phi) is 8.03. The van der Waals surface area contributed by atoms with Crippen LogP contribution in [0.3, 0.4) is 0 Å². The third-order valence-corrected chi connectivity index (χ3v) is 10.6. The molecular weight excluding hydrogens is 661 g/mol. The van der Waals surface area contributed by atoms with Crippen LogP contribution in [0.1, 0.15) is 19.3 Å². The lowest BCUT2D eigenvalue weighted by Gasteiger charge is -2.54. The van der Waals surface area contributed by atoms with E-state index in [2.05, 4.69) is 26.7 Å². The van der Waals surface area contributed by atoms with E-state index in [4.69, 9.17) is 37.7 Å². The maximum atomic E-state index is 16.8. The van der Waals surface area contributed by atoms with Crippen LogP contribution in [0.2, 0.25) is 5.02 Å². The van der Waals surface area contributed by atoms with Crippen molar-refractivity contribution in [2.75, 3.05) is 63.3 Å². The van der Waals surface area contributed by atoms with Crippen molar-refractivity contribution in [2.24, 2.45) is 0 Å². The van der Waals surface area contributed by atoms with Gasteiger partial charge in [0, 0.05) is 54.8 Å². The first kappa shape index (κ1) is 31.4. The predicted molar refractivity (Wildman–Crippen MR) is 180 cm³/mol. The van der Waals surface area contributed by atoms with Crippen molar-refractivity contribution in [1.29, 1.82) is 0 Å². The molecule has 2 atom stereocenters. The highest BCUT2D eigenvalue weighted by Gasteiger charge is 2.51. The number of halogens is 4. The average molecular weight is 694 g/mol. The third kappa shape index (κ3) is 5.21. The highest BCUT2D eigenvalue weighted by molar-refractivity contribution is 6.36. The number of ether oxygens (including phenoxy) is 2. The molecule has 248 valence electrons. The van der Waals surface area contributed by atoms with Crippen molar-refractivity contribution >= 4 is 56.6 Å². The second-order valence-corrected chi connectivity index (χ2v) is 13.7. The molecule has 4 aliphatic heterocycles. The van der Waals surface area contributed by atoms with Gasteiger partial charge in [0.2, 0.25) is 0 Å².